The van der Waals surface area contributed by atoms with E-state index in [4.69, 9.17) is 4.74 Å². The zero-order valence-electron chi connectivity index (χ0n) is 10.3. The van der Waals surface area contributed by atoms with Crippen molar-refractivity contribution in [2.75, 3.05) is 26.8 Å². The molecule has 0 aromatic carbocycles. The lowest BCUT2D eigenvalue weighted by Crippen LogP contribution is -2.45. The lowest BCUT2D eigenvalue weighted by molar-refractivity contribution is -0.00605. The molecule has 3 nitrogen and oxygen atoms in total. The Hall–Kier alpha value is -0.120. The van der Waals surface area contributed by atoms with Crippen molar-refractivity contribution in [3.8, 4) is 0 Å². The topological polar surface area (TPSA) is 32.7 Å². The van der Waals surface area contributed by atoms with Crippen molar-refractivity contribution in [1.29, 1.82) is 0 Å². The minimum Gasteiger partial charge on any atom is -0.389 e. The molecule has 15 heavy (non-hydrogen) atoms. The molecule has 1 aliphatic rings. The van der Waals surface area contributed by atoms with Crippen molar-refractivity contribution in [2.24, 2.45) is 0 Å². The molecule has 0 aromatic heterocycles. The monoisotopic (exact) mass is 215 g/mol. The molecule has 0 saturated heterocycles. The normalized spacial score (nSPS) is 20.4. The van der Waals surface area contributed by atoms with Gasteiger partial charge in [0.2, 0.25) is 0 Å². The van der Waals surface area contributed by atoms with Crippen LogP contribution in [0, 0.1) is 0 Å². The Morgan fingerprint density at radius 2 is 1.93 bits per heavy atom. The van der Waals surface area contributed by atoms with Gasteiger partial charge in [0.25, 0.3) is 0 Å². The molecule has 0 amide bonds. The van der Waals surface area contributed by atoms with Crippen LogP contribution in [0.2, 0.25) is 0 Å². The Bertz CT molecular complexity index is 176. The summed E-state index contributed by atoms with van der Waals surface area (Å²) in [6.45, 7) is 6.81. The second-order valence-corrected chi connectivity index (χ2v) is 4.99. The van der Waals surface area contributed by atoms with Crippen molar-refractivity contribution >= 4 is 0 Å². The zero-order chi connectivity index (χ0) is 11.3. The second-order valence-electron chi connectivity index (χ2n) is 4.99. The largest absolute Gasteiger partial charge is 0.389 e. The molecular formula is C12H25NO2. The molecule has 1 saturated carbocycles. The molecule has 0 aliphatic heterocycles. The van der Waals surface area contributed by atoms with E-state index >= 15 is 0 Å². The maximum atomic E-state index is 10.3. The summed E-state index contributed by atoms with van der Waals surface area (Å²) in [7, 11) is 1.72. The summed E-state index contributed by atoms with van der Waals surface area (Å²) < 4.78 is 5.10. The van der Waals surface area contributed by atoms with E-state index in [-0.39, 0.29) is 0 Å². The Morgan fingerprint density at radius 1 is 1.33 bits per heavy atom. The third-order valence-corrected chi connectivity index (χ3v) is 3.34. The van der Waals surface area contributed by atoms with Gasteiger partial charge in [-0.05, 0) is 26.7 Å². The maximum absolute atomic E-state index is 10.3. The lowest BCUT2D eigenvalue weighted by Gasteiger charge is -2.33. The van der Waals surface area contributed by atoms with E-state index in [0.717, 1.165) is 32.5 Å². The van der Waals surface area contributed by atoms with Crippen molar-refractivity contribution in [2.45, 2.75) is 51.2 Å². The minimum atomic E-state index is -0.433. The number of nitrogens with zero attached hydrogens (tertiary/aromatic N) is 1. The molecule has 0 bridgehead atoms. The molecule has 0 atom stereocenters. The molecule has 0 spiro atoms. The van der Waals surface area contributed by atoms with Crippen LogP contribution < -0.4 is 0 Å². The van der Waals surface area contributed by atoms with Gasteiger partial charge in [0.15, 0.2) is 0 Å². The van der Waals surface area contributed by atoms with E-state index in [0.29, 0.717) is 6.04 Å². The van der Waals surface area contributed by atoms with Gasteiger partial charge >= 0.3 is 0 Å². The summed E-state index contributed by atoms with van der Waals surface area (Å²) in [6.07, 6.45) is 4.27. The van der Waals surface area contributed by atoms with Crippen molar-refractivity contribution < 1.29 is 9.84 Å². The number of ether oxygens (including phenoxy) is 1. The Kier molecular flexibility index (Phi) is 5.03. The first kappa shape index (κ1) is 12.9. The maximum Gasteiger partial charge on any atom is 0.0774 e. The predicted molar refractivity (Wildman–Crippen MR) is 62.0 cm³/mol. The predicted octanol–water partition coefficient (Wildman–Crippen LogP) is 1.65. The first-order valence-electron chi connectivity index (χ1n) is 6.03. The summed E-state index contributed by atoms with van der Waals surface area (Å²) >= 11 is 0. The van der Waals surface area contributed by atoms with Crippen LogP contribution in [0.1, 0.15) is 39.5 Å². The zero-order valence-corrected chi connectivity index (χ0v) is 10.3. The number of methoxy groups -OCH3 is 1. The summed E-state index contributed by atoms with van der Waals surface area (Å²) in [5.74, 6) is 0. The number of hydrogen-bond acceptors (Lipinski definition) is 3. The van der Waals surface area contributed by atoms with E-state index in [1.807, 2.05) is 0 Å². The van der Waals surface area contributed by atoms with Crippen LogP contribution in [-0.4, -0.2) is 48.5 Å². The molecule has 0 heterocycles. The van der Waals surface area contributed by atoms with Gasteiger partial charge in [-0.2, -0.15) is 0 Å². The van der Waals surface area contributed by atoms with Crippen molar-refractivity contribution in [1.82, 2.24) is 4.90 Å². The van der Waals surface area contributed by atoms with Crippen molar-refractivity contribution in [3.63, 3.8) is 0 Å². The lowest BCUT2D eigenvalue weighted by atomic mass is 10.0. The highest BCUT2D eigenvalue weighted by Crippen LogP contribution is 2.30. The van der Waals surface area contributed by atoms with E-state index in [2.05, 4.69) is 18.7 Å². The highest BCUT2D eigenvalue weighted by Gasteiger charge is 2.33. The molecule has 1 aliphatic carbocycles. The smallest absolute Gasteiger partial charge is 0.0774 e. The fraction of sp³-hybridized carbons (Fsp3) is 1.00. The highest BCUT2D eigenvalue weighted by atomic mass is 16.5. The standard InChI is InChI=1S/C12H25NO2/c1-11(2)13(8-9-15-3)10-12(14)6-4-5-7-12/h11,14H,4-10H2,1-3H3. The molecule has 0 aromatic rings. The summed E-state index contributed by atoms with van der Waals surface area (Å²) in [6, 6.07) is 0.477. The fourth-order valence-electron chi connectivity index (χ4n) is 2.30. The quantitative estimate of drug-likeness (QED) is 0.731. The molecule has 90 valence electrons. The van der Waals surface area contributed by atoms with Crippen LogP contribution in [0.3, 0.4) is 0 Å². The number of hydrogen-bond donors (Lipinski definition) is 1. The Morgan fingerprint density at radius 3 is 2.40 bits per heavy atom. The average molecular weight is 215 g/mol. The van der Waals surface area contributed by atoms with Crippen LogP contribution in [0.5, 0.6) is 0 Å². The van der Waals surface area contributed by atoms with Gasteiger partial charge in [0.1, 0.15) is 0 Å². The molecule has 3 heteroatoms. The molecular weight excluding hydrogens is 190 g/mol. The molecule has 0 unspecified atom stereocenters. The molecule has 1 rings (SSSR count). The van der Waals surface area contributed by atoms with Gasteiger partial charge in [-0.3, -0.25) is 4.90 Å². The summed E-state index contributed by atoms with van der Waals surface area (Å²) in [5.41, 5.74) is -0.433. The van der Waals surface area contributed by atoms with Crippen LogP contribution in [-0.2, 0) is 4.74 Å². The van der Waals surface area contributed by atoms with Gasteiger partial charge < -0.3 is 9.84 Å². The third-order valence-electron chi connectivity index (χ3n) is 3.34. The minimum absolute atomic E-state index is 0.433. The van der Waals surface area contributed by atoms with Gasteiger partial charge in [-0.15, -0.1) is 0 Å². The van der Waals surface area contributed by atoms with Crippen LogP contribution in [0.15, 0.2) is 0 Å². The van der Waals surface area contributed by atoms with E-state index in [9.17, 15) is 5.11 Å². The molecule has 1 N–H and O–H groups in total. The van der Waals surface area contributed by atoms with Gasteiger partial charge in [-0.25, -0.2) is 0 Å². The highest BCUT2D eigenvalue weighted by molar-refractivity contribution is 4.88. The Balaban J connectivity index is 2.42. The first-order valence-corrected chi connectivity index (χ1v) is 6.03. The summed E-state index contributed by atoms with van der Waals surface area (Å²) in [4.78, 5) is 2.31. The molecule has 1 fully saturated rings. The molecule has 0 radical (unpaired) electrons. The second kappa shape index (κ2) is 5.83. The fourth-order valence-corrected chi connectivity index (χ4v) is 2.30. The number of rotatable bonds is 6. The average Bonchev–Trinajstić information content (AvgIpc) is 2.59. The summed E-state index contributed by atoms with van der Waals surface area (Å²) in [5, 5.41) is 10.3. The van der Waals surface area contributed by atoms with Gasteiger partial charge in [-0.1, -0.05) is 12.8 Å². The number of aliphatic hydroxyl groups is 1. The van der Waals surface area contributed by atoms with Gasteiger partial charge in [0.05, 0.1) is 12.2 Å². The van der Waals surface area contributed by atoms with Crippen LogP contribution in [0.25, 0.3) is 0 Å². The SMILES string of the molecule is COCCN(CC1(O)CCCC1)C(C)C. The van der Waals surface area contributed by atoms with E-state index in [1.165, 1.54) is 12.8 Å². The van der Waals surface area contributed by atoms with E-state index in [1.54, 1.807) is 7.11 Å². The van der Waals surface area contributed by atoms with E-state index < -0.39 is 5.60 Å². The van der Waals surface area contributed by atoms with Crippen molar-refractivity contribution in [3.05, 3.63) is 0 Å². The third kappa shape index (κ3) is 4.09. The Labute approximate surface area is 93.4 Å². The van der Waals surface area contributed by atoms with Gasteiger partial charge in [0, 0.05) is 26.2 Å². The van der Waals surface area contributed by atoms with Crippen LogP contribution >= 0.6 is 0 Å². The van der Waals surface area contributed by atoms with Crippen LogP contribution in [0.4, 0.5) is 0 Å². The first-order chi connectivity index (χ1) is 7.07.